The lowest BCUT2D eigenvalue weighted by Crippen LogP contribution is -2.20. The number of methoxy groups -OCH3 is 3. The van der Waals surface area contributed by atoms with Crippen LogP contribution in [0.2, 0.25) is 5.02 Å². The van der Waals surface area contributed by atoms with Gasteiger partial charge in [-0.15, -0.1) is 0 Å². The number of hydrogen-bond acceptors (Lipinski definition) is 6. The van der Waals surface area contributed by atoms with Crippen LogP contribution in [0.15, 0.2) is 60.7 Å². The van der Waals surface area contributed by atoms with E-state index in [2.05, 4.69) is 20.6 Å². The third kappa shape index (κ3) is 5.62. The average molecular weight is 491 g/mol. The Morgan fingerprint density at radius 3 is 2.20 bits per heavy atom. The first kappa shape index (κ1) is 23.8. The summed E-state index contributed by atoms with van der Waals surface area (Å²) < 4.78 is 16.2. The number of aromatic nitrogens is 2. The van der Waals surface area contributed by atoms with E-state index in [1.165, 1.54) is 0 Å². The number of fused-ring (bicyclic) bond motifs is 1. The van der Waals surface area contributed by atoms with Crippen molar-refractivity contribution >= 4 is 52.2 Å². The number of amides is 2. The van der Waals surface area contributed by atoms with Crippen LogP contribution < -0.4 is 24.8 Å². The van der Waals surface area contributed by atoms with Gasteiger partial charge in [0.15, 0.2) is 17.3 Å². The van der Waals surface area contributed by atoms with Gasteiger partial charge in [0.25, 0.3) is 0 Å². The number of rotatable bonds is 7. The molecular weight excluding hydrogens is 468 g/mol. The molecule has 2 amide bonds. The van der Waals surface area contributed by atoms with E-state index in [-0.39, 0.29) is 0 Å². The Labute approximate surface area is 207 Å². The fourth-order valence-corrected chi connectivity index (χ4v) is 3.56. The SMILES string of the molecule is COc1cc(/C=C/c2nc(NC(=O)Nc3ccc(Cl)cc3)c3ccccc3n2)cc(OC)c1OC. The molecule has 0 unspecified atom stereocenters. The summed E-state index contributed by atoms with van der Waals surface area (Å²) in [7, 11) is 4.67. The first-order valence-corrected chi connectivity index (χ1v) is 11.0. The zero-order chi connectivity index (χ0) is 24.8. The summed E-state index contributed by atoms with van der Waals surface area (Å²) in [4.78, 5) is 21.8. The fraction of sp³-hybridized carbons (Fsp3) is 0.115. The molecule has 0 saturated heterocycles. The number of benzene rings is 3. The molecule has 0 atom stereocenters. The van der Waals surface area contributed by atoms with E-state index in [0.29, 0.717) is 50.5 Å². The highest BCUT2D eigenvalue weighted by molar-refractivity contribution is 6.30. The third-order valence-electron chi connectivity index (χ3n) is 5.07. The van der Waals surface area contributed by atoms with Crippen molar-refractivity contribution < 1.29 is 19.0 Å². The zero-order valence-electron chi connectivity index (χ0n) is 19.3. The maximum absolute atomic E-state index is 12.6. The normalized spacial score (nSPS) is 10.9. The van der Waals surface area contributed by atoms with Gasteiger partial charge in [-0.05, 0) is 60.2 Å². The number of hydrogen-bond donors (Lipinski definition) is 2. The highest BCUT2D eigenvalue weighted by Gasteiger charge is 2.13. The Balaban J connectivity index is 1.64. The van der Waals surface area contributed by atoms with Crippen LogP contribution in [0, 0.1) is 0 Å². The minimum absolute atomic E-state index is 0.381. The lowest BCUT2D eigenvalue weighted by Gasteiger charge is -2.13. The number of nitrogens with one attached hydrogen (secondary N) is 2. The summed E-state index contributed by atoms with van der Waals surface area (Å²) in [6.45, 7) is 0. The van der Waals surface area contributed by atoms with Crippen molar-refractivity contribution in [2.75, 3.05) is 32.0 Å². The second kappa shape index (κ2) is 10.8. The van der Waals surface area contributed by atoms with E-state index in [0.717, 1.165) is 5.56 Å². The van der Waals surface area contributed by atoms with Crippen LogP contribution in [-0.4, -0.2) is 37.3 Å². The van der Waals surface area contributed by atoms with Gasteiger partial charge < -0.3 is 19.5 Å². The summed E-state index contributed by atoms with van der Waals surface area (Å²) >= 11 is 5.91. The summed E-state index contributed by atoms with van der Waals surface area (Å²) in [6, 6.07) is 17.5. The van der Waals surface area contributed by atoms with E-state index in [1.54, 1.807) is 51.7 Å². The number of carbonyl (C=O) groups is 1. The Kier molecular flexibility index (Phi) is 7.32. The van der Waals surface area contributed by atoms with E-state index in [9.17, 15) is 4.79 Å². The van der Waals surface area contributed by atoms with Crippen molar-refractivity contribution in [3.05, 3.63) is 77.1 Å². The summed E-state index contributed by atoms with van der Waals surface area (Å²) in [6.07, 6.45) is 3.57. The zero-order valence-corrected chi connectivity index (χ0v) is 20.1. The largest absolute Gasteiger partial charge is 0.493 e. The molecule has 178 valence electrons. The standard InChI is InChI=1S/C26H23ClN4O4/c1-33-21-14-16(15-22(34-2)24(21)35-3)8-13-23-29-20-7-5-4-6-19(20)25(30-23)31-26(32)28-18-11-9-17(27)10-12-18/h4-15H,1-3H3,(H2,28,29,30,31,32)/b13-8+. The third-order valence-corrected chi connectivity index (χ3v) is 5.32. The monoisotopic (exact) mass is 490 g/mol. The van der Waals surface area contributed by atoms with Crippen LogP contribution in [0.4, 0.5) is 16.3 Å². The van der Waals surface area contributed by atoms with Crippen LogP contribution in [0.5, 0.6) is 17.2 Å². The second-order valence-corrected chi connectivity index (χ2v) is 7.76. The molecule has 4 aromatic rings. The molecule has 0 aliphatic heterocycles. The molecule has 1 aromatic heterocycles. The van der Waals surface area contributed by atoms with Crippen molar-refractivity contribution in [3.8, 4) is 17.2 Å². The van der Waals surface area contributed by atoms with Gasteiger partial charge in [-0.25, -0.2) is 14.8 Å². The molecule has 0 fully saturated rings. The number of carbonyl (C=O) groups excluding carboxylic acids is 1. The van der Waals surface area contributed by atoms with Gasteiger partial charge in [0, 0.05) is 16.1 Å². The molecule has 3 aromatic carbocycles. The molecule has 0 spiro atoms. The average Bonchev–Trinajstić information content (AvgIpc) is 2.88. The first-order valence-electron chi connectivity index (χ1n) is 10.6. The molecule has 4 rings (SSSR count). The van der Waals surface area contributed by atoms with Crippen LogP contribution in [0.3, 0.4) is 0 Å². The predicted octanol–water partition coefficient (Wildman–Crippen LogP) is 6.12. The molecule has 0 aliphatic carbocycles. The highest BCUT2D eigenvalue weighted by Crippen LogP contribution is 2.38. The Bertz CT molecular complexity index is 1370. The first-order chi connectivity index (χ1) is 17.0. The minimum atomic E-state index is -0.435. The summed E-state index contributed by atoms with van der Waals surface area (Å²) in [5.41, 5.74) is 2.09. The number of para-hydroxylation sites is 1. The predicted molar refractivity (Wildman–Crippen MR) is 139 cm³/mol. The smallest absolute Gasteiger partial charge is 0.324 e. The van der Waals surface area contributed by atoms with E-state index in [4.69, 9.17) is 25.8 Å². The minimum Gasteiger partial charge on any atom is -0.493 e. The van der Waals surface area contributed by atoms with Crippen LogP contribution >= 0.6 is 11.6 Å². The van der Waals surface area contributed by atoms with Gasteiger partial charge in [0.2, 0.25) is 5.75 Å². The Hall–Kier alpha value is -4.30. The van der Waals surface area contributed by atoms with Crippen LogP contribution in [0.25, 0.3) is 23.1 Å². The number of halogens is 1. The molecule has 8 nitrogen and oxygen atoms in total. The van der Waals surface area contributed by atoms with Gasteiger partial charge in [0.1, 0.15) is 5.82 Å². The molecule has 2 N–H and O–H groups in total. The molecular formula is C26H23ClN4O4. The lowest BCUT2D eigenvalue weighted by molar-refractivity contribution is 0.262. The maximum Gasteiger partial charge on any atom is 0.324 e. The Morgan fingerprint density at radius 1 is 0.857 bits per heavy atom. The van der Waals surface area contributed by atoms with Gasteiger partial charge in [-0.2, -0.15) is 0 Å². The highest BCUT2D eigenvalue weighted by atomic mass is 35.5. The van der Waals surface area contributed by atoms with Crippen molar-refractivity contribution in [1.29, 1.82) is 0 Å². The van der Waals surface area contributed by atoms with Crippen molar-refractivity contribution in [3.63, 3.8) is 0 Å². The van der Waals surface area contributed by atoms with Crippen molar-refractivity contribution in [2.24, 2.45) is 0 Å². The topological polar surface area (TPSA) is 94.6 Å². The summed E-state index contributed by atoms with van der Waals surface area (Å²) in [5.74, 6) is 2.37. The van der Waals surface area contributed by atoms with Gasteiger partial charge in [-0.1, -0.05) is 29.8 Å². The molecule has 0 aliphatic rings. The van der Waals surface area contributed by atoms with Crippen molar-refractivity contribution in [1.82, 2.24) is 9.97 Å². The summed E-state index contributed by atoms with van der Waals surface area (Å²) in [5, 5.41) is 6.88. The molecule has 1 heterocycles. The molecule has 0 radical (unpaired) electrons. The molecule has 9 heteroatoms. The van der Waals surface area contributed by atoms with E-state index in [1.807, 2.05) is 42.5 Å². The number of urea groups is 1. The van der Waals surface area contributed by atoms with Gasteiger partial charge in [-0.3, -0.25) is 5.32 Å². The van der Waals surface area contributed by atoms with Crippen LogP contribution in [0.1, 0.15) is 11.4 Å². The second-order valence-electron chi connectivity index (χ2n) is 7.33. The molecule has 0 bridgehead atoms. The number of anilines is 2. The number of ether oxygens (including phenoxy) is 3. The van der Waals surface area contributed by atoms with Crippen molar-refractivity contribution in [2.45, 2.75) is 0 Å². The van der Waals surface area contributed by atoms with Gasteiger partial charge in [0.05, 0.1) is 26.8 Å². The Morgan fingerprint density at radius 2 is 1.54 bits per heavy atom. The number of nitrogens with zero attached hydrogens (tertiary/aromatic N) is 2. The van der Waals surface area contributed by atoms with E-state index >= 15 is 0 Å². The van der Waals surface area contributed by atoms with Gasteiger partial charge >= 0.3 is 6.03 Å². The fourth-order valence-electron chi connectivity index (χ4n) is 3.44. The van der Waals surface area contributed by atoms with E-state index < -0.39 is 6.03 Å². The molecule has 35 heavy (non-hydrogen) atoms. The quantitative estimate of drug-likeness (QED) is 0.324. The molecule has 0 saturated carbocycles. The lowest BCUT2D eigenvalue weighted by atomic mass is 10.1. The maximum atomic E-state index is 12.6. The van der Waals surface area contributed by atoms with Crippen LogP contribution in [-0.2, 0) is 0 Å².